The van der Waals surface area contributed by atoms with Crippen LogP contribution >= 0.6 is 0 Å². The molecule has 0 unspecified atom stereocenters. The van der Waals surface area contributed by atoms with E-state index < -0.39 is 0 Å². The van der Waals surface area contributed by atoms with Crippen molar-refractivity contribution in [2.45, 2.75) is 6.54 Å². The van der Waals surface area contributed by atoms with Gasteiger partial charge in [0, 0.05) is 58.8 Å². The van der Waals surface area contributed by atoms with Crippen LogP contribution < -0.4 is 0 Å². The maximum Gasteiger partial charge on any atom is 0.155 e. The zero-order chi connectivity index (χ0) is 23.9. The standard InChI is InChI=1S/C27H22FN7/c1-35(2)15-16-9-17(13-29-12-16)18-10-22-25(33-34-27(22)31-14-18)24-11-21-19(7-8-30-26(21)32-24)20-5-3-4-6-23(20)28/h3-14H,15H2,1-2H3,(H,30,32)(H,31,33,34). The van der Waals surface area contributed by atoms with Gasteiger partial charge in [0.05, 0.1) is 5.69 Å². The molecule has 1 aromatic carbocycles. The summed E-state index contributed by atoms with van der Waals surface area (Å²) in [5.41, 5.74) is 7.24. The maximum absolute atomic E-state index is 14.5. The first-order valence-electron chi connectivity index (χ1n) is 11.2. The Balaban J connectivity index is 1.46. The first kappa shape index (κ1) is 21.1. The number of benzene rings is 1. The predicted molar refractivity (Wildman–Crippen MR) is 135 cm³/mol. The van der Waals surface area contributed by atoms with Gasteiger partial charge in [0.1, 0.15) is 17.2 Å². The van der Waals surface area contributed by atoms with Gasteiger partial charge in [-0.15, -0.1) is 0 Å². The van der Waals surface area contributed by atoms with E-state index in [0.717, 1.165) is 51.0 Å². The summed E-state index contributed by atoms with van der Waals surface area (Å²) in [6.45, 7) is 0.805. The van der Waals surface area contributed by atoms with Crippen molar-refractivity contribution in [2.24, 2.45) is 0 Å². The summed E-state index contributed by atoms with van der Waals surface area (Å²) in [6.07, 6.45) is 7.23. The quantitative estimate of drug-likeness (QED) is 0.356. The SMILES string of the molecule is CN(C)Cc1cncc(-c2cnc3[nH]nc(-c4cc5c(-c6ccccc6F)ccnc5[nH]4)c3c2)c1. The number of H-pyrrole nitrogens is 2. The topological polar surface area (TPSA) is 86.4 Å². The van der Waals surface area contributed by atoms with Crippen molar-refractivity contribution in [3.05, 3.63) is 84.7 Å². The molecule has 35 heavy (non-hydrogen) atoms. The zero-order valence-electron chi connectivity index (χ0n) is 19.2. The van der Waals surface area contributed by atoms with Crippen molar-refractivity contribution in [2.75, 3.05) is 14.1 Å². The lowest BCUT2D eigenvalue weighted by Crippen LogP contribution is -2.10. The van der Waals surface area contributed by atoms with Crippen molar-refractivity contribution in [1.29, 1.82) is 0 Å². The molecular weight excluding hydrogens is 441 g/mol. The molecule has 172 valence electrons. The highest BCUT2D eigenvalue weighted by Crippen LogP contribution is 2.34. The molecule has 2 N–H and O–H groups in total. The number of hydrogen-bond acceptors (Lipinski definition) is 5. The molecule has 0 spiro atoms. The number of hydrogen-bond donors (Lipinski definition) is 2. The minimum atomic E-state index is -0.271. The van der Waals surface area contributed by atoms with Crippen LogP contribution in [-0.4, -0.2) is 49.1 Å². The van der Waals surface area contributed by atoms with Crippen LogP contribution in [0.15, 0.2) is 73.3 Å². The monoisotopic (exact) mass is 463 g/mol. The number of pyridine rings is 3. The van der Waals surface area contributed by atoms with Crippen LogP contribution in [0.1, 0.15) is 5.56 Å². The van der Waals surface area contributed by atoms with E-state index in [1.165, 1.54) is 6.07 Å². The normalized spacial score (nSPS) is 11.7. The lowest BCUT2D eigenvalue weighted by Gasteiger charge is -2.10. The largest absolute Gasteiger partial charge is 0.338 e. The van der Waals surface area contributed by atoms with Gasteiger partial charge < -0.3 is 9.88 Å². The second-order valence-electron chi connectivity index (χ2n) is 8.80. The smallest absolute Gasteiger partial charge is 0.155 e. The second kappa shape index (κ2) is 8.41. The van der Waals surface area contributed by atoms with Gasteiger partial charge in [0.2, 0.25) is 0 Å². The third kappa shape index (κ3) is 3.83. The molecular formula is C27H22FN7. The number of rotatable bonds is 5. The highest BCUT2D eigenvalue weighted by Gasteiger charge is 2.16. The predicted octanol–water partition coefficient (Wildman–Crippen LogP) is 5.43. The molecule has 6 aromatic rings. The third-order valence-corrected chi connectivity index (χ3v) is 5.99. The van der Waals surface area contributed by atoms with Crippen molar-refractivity contribution in [3.63, 3.8) is 0 Å². The van der Waals surface area contributed by atoms with E-state index in [-0.39, 0.29) is 5.82 Å². The van der Waals surface area contributed by atoms with Gasteiger partial charge >= 0.3 is 0 Å². The molecule has 5 heterocycles. The minimum Gasteiger partial charge on any atom is -0.338 e. The Labute approximate surface area is 200 Å². The lowest BCUT2D eigenvalue weighted by molar-refractivity contribution is 0.402. The fraction of sp³-hybridized carbons (Fsp3) is 0.111. The van der Waals surface area contributed by atoms with E-state index in [2.05, 4.69) is 47.2 Å². The van der Waals surface area contributed by atoms with Crippen molar-refractivity contribution in [3.8, 4) is 33.6 Å². The molecule has 0 saturated carbocycles. The molecule has 6 rings (SSSR count). The highest BCUT2D eigenvalue weighted by molar-refractivity contribution is 5.99. The Morgan fingerprint density at radius 3 is 2.57 bits per heavy atom. The highest BCUT2D eigenvalue weighted by atomic mass is 19.1. The average molecular weight is 464 g/mol. The van der Waals surface area contributed by atoms with Gasteiger partial charge in [-0.1, -0.05) is 18.2 Å². The molecule has 0 atom stereocenters. The van der Waals surface area contributed by atoms with Crippen molar-refractivity contribution >= 4 is 22.1 Å². The Bertz CT molecular complexity index is 1680. The van der Waals surface area contributed by atoms with Crippen LogP contribution in [0.4, 0.5) is 4.39 Å². The molecule has 0 bridgehead atoms. The van der Waals surface area contributed by atoms with E-state index >= 15 is 0 Å². The molecule has 0 fully saturated rings. The summed E-state index contributed by atoms with van der Waals surface area (Å²) in [4.78, 5) is 18.9. The Morgan fingerprint density at radius 2 is 1.71 bits per heavy atom. The van der Waals surface area contributed by atoms with Crippen molar-refractivity contribution < 1.29 is 4.39 Å². The van der Waals surface area contributed by atoms with Crippen LogP contribution in [0.2, 0.25) is 0 Å². The van der Waals surface area contributed by atoms with Crippen LogP contribution in [-0.2, 0) is 6.54 Å². The van der Waals surface area contributed by atoms with E-state index in [9.17, 15) is 4.39 Å². The summed E-state index contributed by atoms with van der Waals surface area (Å²) in [6, 6.07) is 14.7. The van der Waals surface area contributed by atoms with Gasteiger partial charge in [0.25, 0.3) is 0 Å². The molecule has 0 aliphatic heterocycles. The molecule has 7 nitrogen and oxygen atoms in total. The summed E-state index contributed by atoms with van der Waals surface area (Å²) in [5.74, 6) is -0.271. The second-order valence-corrected chi connectivity index (χ2v) is 8.80. The van der Waals surface area contributed by atoms with Crippen molar-refractivity contribution in [1.82, 2.24) is 35.0 Å². The lowest BCUT2D eigenvalue weighted by atomic mass is 10.0. The van der Waals surface area contributed by atoms with E-state index in [1.54, 1.807) is 18.3 Å². The Morgan fingerprint density at radius 1 is 0.857 bits per heavy atom. The molecule has 0 aliphatic rings. The fourth-order valence-electron chi connectivity index (χ4n) is 4.43. The number of aromatic nitrogens is 6. The van der Waals surface area contributed by atoms with Crippen LogP contribution in [0.25, 0.3) is 55.7 Å². The number of nitrogens with one attached hydrogen (secondary N) is 2. The molecule has 0 radical (unpaired) electrons. The molecule has 0 aliphatic carbocycles. The average Bonchev–Trinajstić information content (AvgIpc) is 3.47. The zero-order valence-corrected chi connectivity index (χ0v) is 19.2. The third-order valence-electron chi connectivity index (χ3n) is 5.99. The molecule has 8 heteroatoms. The van der Waals surface area contributed by atoms with E-state index in [4.69, 9.17) is 0 Å². The molecule has 0 amide bonds. The van der Waals surface area contributed by atoms with Crippen LogP contribution in [0.5, 0.6) is 0 Å². The first-order chi connectivity index (χ1) is 17.1. The summed E-state index contributed by atoms with van der Waals surface area (Å²) < 4.78 is 14.5. The van der Waals surface area contributed by atoms with E-state index in [0.29, 0.717) is 16.9 Å². The number of nitrogens with zero attached hydrogens (tertiary/aromatic N) is 5. The first-order valence-corrected chi connectivity index (χ1v) is 11.2. The fourth-order valence-corrected chi connectivity index (χ4v) is 4.43. The van der Waals surface area contributed by atoms with Gasteiger partial charge in [-0.3, -0.25) is 10.1 Å². The van der Waals surface area contributed by atoms with Gasteiger partial charge in [-0.25, -0.2) is 14.4 Å². The molecule has 0 saturated heterocycles. The van der Waals surface area contributed by atoms with Gasteiger partial charge in [0.15, 0.2) is 5.65 Å². The molecule has 5 aromatic heterocycles. The summed E-state index contributed by atoms with van der Waals surface area (Å²) >= 11 is 0. The number of halogens is 1. The number of aromatic amines is 2. The maximum atomic E-state index is 14.5. The minimum absolute atomic E-state index is 0.271. The van der Waals surface area contributed by atoms with Crippen LogP contribution in [0.3, 0.4) is 0 Å². The van der Waals surface area contributed by atoms with Gasteiger partial charge in [-0.2, -0.15) is 5.10 Å². The Kier molecular flexibility index (Phi) is 5.08. The van der Waals surface area contributed by atoms with Crippen LogP contribution in [0, 0.1) is 5.82 Å². The van der Waals surface area contributed by atoms with Gasteiger partial charge in [-0.05, 0) is 55.6 Å². The summed E-state index contributed by atoms with van der Waals surface area (Å²) in [7, 11) is 4.07. The number of fused-ring (bicyclic) bond motifs is 2. The summed E-state index contributed by atoms with van der Waals surface area (Å²) in [5, 5.41) is 9.25. The van der Waals surface area contributed by atoms with E-state index in [1.807, 2.05) is 50.9 Å². The Hall–Kier alpha value is -4.43.